The van der Waals surface area contributed by atoms with Crippen LogP contribution in [0.1, 0.15) is 34.3 Å². The Hall–Kier alpha value is -5.87. The molecule has 0 radical (unpaired) electrons. The maximum Gasteiger partial charge on any atom is 0.164 e. The first-order valence-electron chi connectivity index (χ1n) is 24.8. The van der Waals surface area contributed by atoms with E-state index in [1.54, 1.807) is 0 Å². The number of aromatic nitrogens is 4. The molecule has 0 amide bonds. The first kappa shape index (κ1) is 10.1. The third-order valence-electron chi connectivity index (χ3n) is 6.10. The van der Waals surface area contributed by atoms with Crippen molar-refractivity contribution in [1.29, 1.82) is 0 Å². The van der Waals surface area contributed by atoms with Crippen LogP contribution in [0.4, 0.5) is 0 Å². The highest BCUT2D eigenvalue weighted by Gasteiger charge is 2.14. The Morgan fingerprint density at radius 2 is 0.907 bits per heavy atom. The molecule has 2 aromatic heterocycles. The van der Waals surface area contributed by atoms with Gasteiger partial charge in [0, 0.05) is 33.2 Å². The van der Waals surface area contributed by atoms with Crippen LogP contribution in [0, 0.1) is 0 Å². The van der Waals surface area contributed by atoms with Crippen molar-refractivity contribution in [3.63, 3.8) is 0 Å². The third-order valence-corrected chi connectivity index (χ3v) is 6.10. The van der Waals surface area contributed by atoms with E-state index in [-0.39, 0.29) is 0 Å². The molecule has 0 N–H and O–H groups in total. The molecule has 0 saturated heterocycles. The van der Waals surface area contributed by atoms with Gasteiger partial charge < -0.3 is 4.57 Å². The van der Waals surface area contributed by atoms with Gasteiger partial charge in [-0.1, -0.05) is 127 Å². The Balaban J connectivity index is 1.49. The predicted octanol–water partition coefficient (Wildman–Crippen LogP) is 9.64. The van der Waals surface area contributed by atoms with E-state index in [1.165, 1.54) is 0 Å². The molecule has 8 rings (SSSR count). The Kier molecular flexibility index (Phi) is 2.48. The summed E-state index contributed by atoms with van der Waals surface area (Å²) in [5.41, 5.74) is -5.35. The minimum absolute atomic E-state index is 0.515. The quantitative estimate of drug-likeness (QED) is 0.205. The smallest absolute Gasteiger partial charge is 0.164 e. The fourth-order valence-corrected chi connectivity index (χ4v) is 4.24. The van der Waals surface area contributed by atoms with Crippen molar-refractivity contribution >= 4 is 21.8 Å². The van der Waals surface area contributed by atoms with Crippen LogP contribution in [0.25, 0.3) is 72.8 Å². The lowest BCUT2D eigenvalue weighted by atomic mass is 10.0. The fraction of sp³-hybridized carbons (Fsp3) is 0. The van der Waals surface area contributed by atoms with E-state index >= 15 is 0 Å². The molecule has 8 aromatic rings. The van der Waals surface area contributed by atoms with Gasteiger partial charge in [0.25, 0.3) is 0 Å². The molecule has 0 fully saturated rings. The fourth-order valence-electron chi connectivity index (χ4n) is 4.24. The summed E-state index contributed by atoms with van der Waals surface area (Å²) >= 11 is 0. The number of rotatable bonds is 5. The minimum atomic E-state index is -1.02. The highest BCUT2D eigenvalue weighted by atomic mass is 15.0. The predicted molar refractivity (Wildman–Crippen MR) is 176 cm³/mol. The molecule has 6 aromatic carbocycles. The van der Waals surface area contributed by atoms with Crippen molar-refractivity contribution in [2.45, 2.75) is 0 Å². The van der Waals surface area contributed by atoms with E-state index in [4.69, 9.17) is 24.7 Å². The first-order chi connectivity index (χ1) is 31.7. The van der Waals surface area contributed by atoms with Gasteiger partial charge in [0.1, 0.15) is 0 Å². The second-order valence-corrected chi connectivity index (χ2v) is 8.62. The summed E-state index contributed by atoms with van der Waals surface area (Å²) in [7, 11) is 0. The van der Waals surface area contributed by atoms with Crippen LogP contribution >= 0.6 is 0 Å². The van der Waals surface area contributed by atoms with Crippen LogP contribution in [0.15, 0.2) is 157 Å². The molecule has 0 aliphatic carbocycles. The first-order valence-corrected chi connectivity index (χ1v) is 12.3. The van der Waals surface area contributed by atoms with Crippen molar-refractivity contribution < 1.29 is 34.3 Å². The number of para-hydroxylation sites is 2. The van der Waals surface area contributed by atoms with Gasteiger partial charge in [0.2, 0.25) is 0 Å². The average molecular weight is 576 g/mol. The lowest BCUT2D eigenvalue weighted by molar-refractivity contribution is 1.07. The van der Waals surface area contributed by atoms with Gasteiger partial charge in [-0.3, -0.25) is 0 Å². The van der Waals surface area contributed by atoms with Gasteiger partial charge in [0.05, 0.1) is 45.3 Å². The van der Waals surface area contributed by atoms with E-state index in [1.807, 2.05) is 0 Å². The SMILES string of the molecule is [2H]c1cc([2H])c(-c2nc(-c3c([2H])c([2H])c([2H])c([2H])c3[2H])nc(-c3c([2H])c([2H])c(-c4c([2H])c([2H])c5c(c4[2H])c4c([2H])c([2H])c([2H])c([2H])c4n5-c4c([2H])c([2H])c([2H])c([2H])c4[2H])c([2H])c3[2H])n2)c([2H])c1[2H]. The average Bonchev–Trinajstić information content (AvgIpc) is 3.65. The van der Waals surface area contributed by atoms with Crippen molar-refractivity contribution in [2.75, 3.05) is 0 Å². The van der Waals surface area contributed by atoms with E-state index < -0.39 is 224 Å². The maximum absolute atomic E-state index is 9.52. The van der Waals surface area contributed by atoms with E-state index in [2.05, 4.69) is 15.0 Å². The molecular formula is C39H26N4. The Morgan fingerprint density at radius 3 is 1.63 bits per heavy atom. The number of fused-ring (bicyclic) bond motifs is 3. The highest BCUT2D eigenvalue weighted by Crippen LogP contribution is 2.35. The Labute approximate surface area is 284 Å². The van der Waals surface area contributed by atoms with Gasteiger partial charge in [-0.15, -0.1) is 0 Å². The van der Waals surface area contributed by atoms with Crippen LogP contribution in [0.5, 0.6) is 0 Å². The van der Waals surface area contributed by atoms with Crippen LogP contribution in [-0.2, 0) is 0 Å². The summed E-state index contributed by atoms with van der Waals surface area (Å²) in [6, 6.07) is -20.3. The molecule has 4 heteroatoms. The van der Waals surface area contributed by atoms with Gasteiger partial charge >= 0.3 is 0 Å². The lowest BCUT2D eigenvalue weighted by Crippen LogP contribution is -2.00. The number of hydrogen-bond donors (Lipinski definition) is 0. The molecule has 0 spiro atoms. The standard InChI is InChI=1S/C39H26N4/c1-4-12-28(13-5-1)37-40-38(29-14-6-2-7-15-29)42-39(41-37)30-22-20-27(21-23-30)31-24-25-36-34(26-31)33-18-10-11-19-35(33)43(36)32-16-8-3-9-17-32/h1-26H/i1D,2D,3D,4D,5D,6D,8D,9D,10D,11D,12D,13D,14D,15D,16D,17D,18D,19D,20D,21D,22D,23D,24D,25D,26D. The van der Waals surface area contributed by atoms with E-state index in [0.29, 0.717) is 0 Å². The normalized spacial score (nSPS) is 19.4. The van der Waals surface area contributed by atoms with Crippen LogP contribution in [0.2, 0.25) is 0 Å². The summed E-state index contributed by atoms with van der Waals surface area (Å²) in [6.07, 6.45) is 0. The van der Waals surface area contributed by atoms with Crippen LogP contribution < -0.4 is 0 Å². The molecule has 43 heavy (non-hydrogen) atoms. The molecule has 4 nitrogen and oxygen atoms in total. The second-order valence-electron chi connectivity index (χ2n) is 8.62. The largest absolute Gasteiger partial charge is 0.309 e. The highest BCUT2D eigenvalue weighted by molar-refractivity contribution is 6.10. The van der Waals surface area contributed by atoms with E-state index in [9.17, 15) is 9.60 Å². The van der Waals surface area contributed by atoms with Gasteiger partial charge in [-0.25, -0.2) is 15.0 Å². The molecular weight excluding hydrogens is 524 g/mol. The van der Waals surface area contributed by atoms with Crippen molar-refractivity contribution in [3.8, 4) is 51.0 Å². The number of nitrogens with zero attached hydrogens (tertiary/aromatic N) is 4. The topological polar surface area (TPSA) is 43.6 Å². The summed E-state index contributed by atoms with van der Waals surface area (Å²) in [5.74, 6) is -2.19. The number of benzene rings is 6. The second kappa shape index (κ2) is 10.5. The minimum Gasteiger partial charge on any atom is -0.309 e. The Morgan fingerprint density at radius 1 is 0.395 bits per heavy atom. The van der Waals surface area contributed by atoms with Crippen molar-refractivity contribution in [1.82, 2.24) is 19.5 Å². The zero-order chi connectivity index (χ0) is 50.3. The monoisotopic (exact) mass is 575 g/mol. The molecule has 0 aliphatic rings. The molecule has 0 atom stereocenters. The van der Waals surface area contributed by atoms with Crippen LogP contribution in [0.3, 0.4) is 0 Å². The Bertz CT molecular complexity index is 3560. The maximum atomic E-state index is 9.52. The van der Waals surface area contributed by atoms with Gasteiger partial charge in [0.15, 0.2) is 17.5 Å². The zero-order valence-electron chi connectivity index (χ0n) is 46.4. The van der Waals surface area contributed by atoms with E-state index in [0.717, 1.165) is 10.6 Å². The molecule has 0 bridgehead atoms. The molecule has 0 unspecified atom stereocenters. The van der Waals surface area contributed by atoms with Crippen molar-refractivity contribution in [3.05, 3.63) is 157 Å². The number of hydrogen-bond acceptors (Lipinski definition) is 3. The molecule has 0 aliphatic heterocycles. The summed E-state index contributed by atoms with van der Waals surface area (Å²) in [4.78, 5) is 12.6. The zero-order valence-corrected chi connectivity index (χ0v) is 21.4. The van der Waals surface area contributed by atoms with Crippen molar-refractivity contribution in [2.24, 2.45) is 0 Å². The summed E-state index contributed by atoms with van der Waals surface area (Å²) < 4.78 is 218. The third kappa shape index (κ3) is 4.55. The molecule has 202 valence electrons. The molecule has 0 saturated carbocycles. The lowest BCUT2D eigenvalue weighted by Gasteiger charge is -2.10. The van der Waals surface area contributed by atoms with Gasteiger partial charge in [-0.2, -0.15) is 0 Å². The summed E-state index contributed by atoms with van der Waals surface area (Å²) in [5, 5.41) is -1.06. The van der Waals surface area contributed by atoms with Gasteiger partial charge in [-0.05, 0) is 41.3 Å². The summed E-state index contributed by atoms with van der Waals surface area (Å²) in [6.45, 7) is 0. The molecule has 2 heterocycles. The van der Waals surface area contributed by atoms with Crippen LogP contribution in [-0.4, -0.2) is 19.5 Å².